The third kappa shape index (κ3) is 1.63. The highest BCUT2D eigenvalue weighted by Gasteiger charge is 2.42. The molecule has 0 amide bonds. The van der Waals surface area contributed by atoms with Crippen LogP contribution in [0, 0.1) is 10.1 Å². The van der Waals surface area contributed by atoms with Crippen molar-refractivity contribution < 1.29 is 19.1 Å². The summed E-state index contributed by atoms with van der Waals surface area (Å²) in [6.07, 6.45) is 0.677. The molecule has 0 spiro atoms. The first kappa shape index (κ1) is 9.57. The summed E-state index contributed by atoms with van der Waals surface area (Å²) in [6, 6.07) is 0. The van der Waals surface area contributed by atoms with E-state index in [1.54, 1.807) is 7.11 Å². The molecule has 6 heteroatoms. The molecule has 2 aliphatic heterocycles. The second-order valence-electron chi connectivity index (χ2n) is 3.31. The fraction of sp³-hybridized carbons (Fsp3) is 0.750. The van der Waals surface area contributed by atoms with E-state index in [-0.39, 0.29) is 12.2 Å². The van der Waals surface area contributed by atoms with Gasteiger partial charge in [0.15, 0.2) is 6.29 Å². The van der Waals surface area contributed by atoms with Gasteiger partial charge in [-0.1, -0.05) is 0 Å². The van der Waals surface area contributed by atoms with Crippen molar-refractivity contribution in [3.63, 3.8) is 0 Å². The monoisotopic (exact) mass is 201 g/mol. The summed E-state index contributed by atoms with van der Waals surface area (Å²) in [7, 11) is 1.57. The molecule has 0 aromatic rings. The van der Waals surface area contributed by atoms with Crippen LogP contribution >= 0.6 is 0 Å². The van der Waals surface area contributed by atoms with Gasteiger partial charge in [-0.2, -0.15) is 0 Å². The van der Waals surface area contributed by atoms with Crippen LogP contribution in [0.3, 0.4) is 0 Å². The molecule has 0 saturated carbocycles. The summed E-state index contributed by atoms with van der Waals surface area (Å²) in [5.41, 5.74) is 0.538. The van der Waals surface area contributed by atoms with Crippen molar-refractivity contribution in [2.24, 2.45) is 0 Å². The van der Waals surface area contributed by atoms with Gasteiger partial charge in [0.1, 0.15) is 6.10 Å². The Morgan fingerprint density at radius 2 is 2.50 bits per heavy atom. The largest absolute Gasteiger partial charge is 0.378 e. The fourth-order valence-corrected chi connectivity index (χ4v) is 1.75. The summed E-state index contributed by atoms with van der Waals surface area (Å²) in [6.45, 7) is 0.443. The van der Waals surface area contributed by atoms with Crippen LogP contribution in [-0.4, -0.2) is 37.1 Å². The van der Waals surface area contributed by atoms with Crippen LogP contribution in [0.2, 0.25) is 0 Å². The fourth-order valence-electron chi connectivity index (χ4n) is 1.75. The maximum Gasteiger partial charge on any atom is 0.238 e. The number of rotatable bonds is 2. The van der Waals surface area contributed by atoms with E-state index >= 15 is 0 Å². The smallest absolute Gasteiger partial charge is 0.238 e. The van der Waals surface area contributed by atoms with Crippen molar-refractivity contribution in [1.29, 1.82) is 0 Å². The van der Waals surface area contributed by atoms with E-state index in [1.807, 2.05) is 0 Å². The van der Waals surface area contributed by atoms with E-state index in [1.165, 1.54) is 0 Å². The molecule has 2 fully saturated rings. The van der Waals surface area contributed by atoms with E-state index in [2.05, 4.69) is 0 Å². The van der Waals surface area contributed by atoms with Crippen LogP contribution < -0.4 is 0 Å². The second kappa shape index (κ2) is 3.64. The second-order valence-corrected chi connectivity index (χ2v) is 3.31. The van der Waals surface area contributed by atoms with E-state index in [9.17, 15) is 10.1 Å². The first-order valence-corrected chi connectivity index (χ1v) is 4.34. The Morgan fingerprint density at radius 3 is 3.14 bits per heavy atom. The van der Waals surface area contributed by atoms with Gasteiger partial charge in [0.05, 0.1) is 23.2 Å². The lowest BCUT2D eigenvalue weighted by Gasteiger charge is -2.26. The summed E-state index contributed by atoms with van der Waals surface area (Å²) < 4.78 is 15.8. The van der Waals surface area contributed by atoms with Gasteiger partial charge in [-0.05, 0) is 0 Å². The molecule has 2 bridgehead atoms. The molecule has 2 heterocycles. The van der Waals surface area contributed by atoms with Gasteiger partial charge in [-0.25, -0.2) is 0 Å². The van der Waals surface area contributed by atoms with E-state index in [0.717, 1.165) is 6.20 Å². The average Bonchev–Trinajstić information content (AvgIpc) is 2.55. The lowest BCUT2D eigenvalue weighted by molar-refractivity contribution is -0.405. The van der Waals surface area contributed by atoms with Crippen molar-refractivity contribution >= 4 is 0 Å². The number of nitrogens with zero attached hydrogens (tertiary/aromatic N) is 1. The van der Waals surface area contributed by atoms with E-state index in [0.29, 0.717) is 18.6 Å². The average molecular weight is 201 g/mol. The van der Waals surface area contributed by atoms with Gasteiger partial charge in [0.25, 0.3) is 0 Å². The highest BCUT2D eigenvalue weighted by molar-refractivity contribution is 5.10. The molecule has 2 saturated heterocycles. The molecule has 0 aromatic carbocycles. The number of fused-ring (bicyclic) bond motifs is 2. The summed E-state index contributed by atoms with van der Waals surface area (Å²) in [5.74, 6) is 0. The lowest BCUT2D eigenvalue weighted by Crippen LogP contribution is -2.36. The van der Waals surface area contributed by atoms with Crippen LogP contribution in [0.5, 0.6) is 0 Å². The molecular formula is C8H11NO5. The highest BCUT2D eigenvalue weighted by Crippen LogP contribution is 2.32. The molecule has 0 N–H and O–H groups in total. The standard InChI is InChI=1S/C8H11NO5/c1-12-6-2-5(3-9(10)11)8-13-4-7(6)14-8/h3,6-8H,2,4H2,1H3/b5-3-/t6-,7+,8+/m0/s1. The Balaban J connectivity index is 2.15. The van der Waals surface area contributed by atoms with Crippen molar-refractivity contribution in [1.82, 2.24) is 0 Å². The van der Waals surface area contributed by atoms with Crippen LogP contribution in [0.25, 0.3) is 0 Å². The van der Waals surface area contributed by atoms with E-state index < -0.39 is 11.2 Å². The minimum atomic E-state index is -0.545. The first-order chi connectivity index (χ1) is 6.70. The molecule has 6 nitrogen and oxygen atoms in total. The maximum atomic E-state index is 10.3. The highest BCUT2D eigenvalue weighted by atomic mass is 16.7. The Labute approximate surface area is 80.6 Å². The van der Waals surface area contributed by atoms with Gasteiger partial charge in [0.2, 0.25) is 6.20 Å². The SMILES string of the molecule is CO[C@H]1C/C(=C/[N+](=O)[O-])[C@@H]2OC[C@H]1O2. The zero-order valence-corrected chi connectivity index (χ0v) is 7.71. The topological polar surface area (TPSA) is 70.8 Å². The maximum absolute atomic E-state index is 10.3. The first-order valence-electron chi connectivity index (χ1n) is 4.34. The van der Waals surface area contributed by atoms with Gasteiger partial charge in [-0.3, -0.25) is 10.1 Å². The predicted molar refractivity (Wildman–Crippen MR) is 45.1 cm³/mol. The van der Waals surface area contributed by atoms with Gasteiger partial charge in [-0.15, -0.1) is 0 Å². The molecule has 78 valence electrons. The van der Waals surface area contributed by atoms with Gasteiger partial charge in [0, 0.05) is 13.5 Å². The molecular weight excluding hydrogens is 190 g/mol. The van der Waals surface area contributed by atoms with Crippen LogP contribution in [-0.2, 0) is 14.2 Å². The quantitative estimate of drug-likeness (QED) is 0.475. The minimum absolute atomic E-state index is 0.0890. The molecule has 2 aliphatic rings. The Bertz CT molecular complexity index is 277. The van der Waals surface area contributed by atoms with Gasteiger partial charge < -0.3 is 14.2 Å². The zero-order valence-electron chi connectivity index (χ0n) is 7.71. The number of hydrogen-bond acceptors (Lipinski definition) is 5. The third-order valence-electron chi connectivity index (χ3n) is 2.44. The van der Waals surface area contributed by atoms with Crippen molar-refractivity contribution in [3.8, 4) is 0 Å². The van der Waals surface area contributed by atoms with Crippen LogP contribution in [0.1, 0.15) is 6.42 Å². The number of methoxy groups -OCH3 is 1. The Kier molecular flexibility index (Phi) is 2.49. The molecule has 0 unspecified atom stereocenters. The molecule has 0 radical (unpaired) electrons. The summed E-state index contributed by atoms with van der Waals surface area (Å²) in [4.78, 5) is 9.82. The number of hydrogen-bond donors (Lipinski definition) is 0. The molecule has 14 heavy (non-hydrogen) atoms. The third-order valence-corrected chi connectivity index (χ3v) is 2.44. The van der Waals surface area contributed by atoms with Crippen molar-refractivity contribution in [2.45, 2.75) is 24.9 Å². The Hall–Kier alpha value is -0.980. The lowest BCUT2D eigenvalue weighted by atomic mass is 10.0. The molecule has 2 rings (SSSR count). The van der Waals surface area contributed by atoms with Crippen LogP contribution in [0.15, 0.2) is 11.8 Å². The summed E-state index contributed by atoms with van der Waals surface area (Å²) >= 11 is 0. The minimum Gasteiger partial charge on any atom is -0.378 e. The normalized spacial score (nSPS) is 38.9. The number of nitro groups is 1. The molecule has 3 atom stereocenters. The van der Waals surface area contributed by atoms with Gasteiger partial charge >= 0.3 is 0 Å². The predicted octanol–water partition coefficient (Wildman–Crippen LogP) is 0.307. The van der Waals surface area contributed by atoms with E-state index in [4.69, 9.17) is 14.2 Å². The number of ether oxygens (including phenoxy) is 3. The zero-order chi connectivity index (χ0) is 10.1. The summed E-state index contributed by atoms with van der Waals surface area (Å²) in [5, 5.41) is 10.3. The van der Waals surface area contributed by atoms with Crippen LogP contribution in [0.4, 0.5) is 0 Å². The van der Waals surface area contributed by atoms with Crippen molar-refractivity contribution in [3.05, 3.63) is 21.9 Å². The molecule has 0 aromatic heterocycles. The Morgan fingerprint density at radius 1 is 1.71 bits per heavy atom. The molecule has 0 aliphatic carbocycles. The van der Waals surface area contributed by atoms with Crippen molar-refractivity contribution in [2.75, 3.05) is 13.7 Å².